The lowest BCUT2D eigenvalue weighted by atomic mass is 9.67. The van der Waals surface area contributed by atoms with E-state index in [9.17, 15) is 19.2 Å². The molecule has 0 saturated heterocycles. The second kappa shape index (κ2) is 17.8. The predicted molar refractivity (Wildman–Crippen MR) is 218 cm³/mol. The monoisotopic (exact) mass is 782 g/mol. The van der Waals surface area contributed by atoms with Crippen molar-refractivity contribution in [2.24, 2.45) is 29.1 Å². The van der Waals surface area contributed by atoms with Crippen LogP contribution in [0.1, 0.15) is 81.5 Å². The van der Waals surface area contributed by atoms with Crippen molar-refractivity contribution in [2.45, 2.75) is 58.3 Å². The maximum absolute atomic E-state index is 14.3. The molecule has 0 N–H and O–H groups in total. The molecule has 1 fully saturated rings. The van der Waals surface area contributed by atoms with Crippen molar-refractivity contribution in [3.63, 3.8) is 0 Å². The Morgan fingerprint density at radius 3 is 1.67 bits per heavy atom. The highest BCUT2D eigenvalue weighted by Crippen LogP contribution is 2.57. The molecule has 3 aliphatic rings. The van der Waals surface area contributed by atoms with E-state index >= 15 is 0 Å². The van der Waals surface area contributed by atoms with Crippen LogP contribution in [-0.4, -0.2) is 62.5 Å². The van der Waals surface area contributed by atoms with Crippen molar-refractivity contribution in [1.29, 1.82) is 0 Å². The fourth-order valence-electron chi connectivity index (χ4n) is 9.08. The van der Waals surface area contributed by atoms with Gasteiger partial charge in [0.1, 0.15) is 12.2 Å². The third-order valence-electron chi connectivity index (χ3n) is 12.1. The molecule has 0 unspecified atom stereocenters. The maximum atomic E-state index is 14.3. The number of esters is 4. The van der Waals surface area contributed by atoms with E-state index < -0.39 is 53.5 Å². The topological polar surface area (TPSA) is 114 Å². The number of ether oxygens (including phenoxy) is 5. The molecule has 3 aliphatic carbocycles. The molecule has 9 heteroatoms. The Labute approximate surface area is 340 Å². The van der Waals surface area contributed by atoms with Gasteiger partial charge in [-0.15, -0.1) is 0 Å². The summed E-state index contributed by atoms with van der Waals surface area (Å²) in [7, 11) is 1.69. The van der Waals surface area contributed by atoms with Gasteiger partial charge >= 0.3 is 23.9 Å². The number of methoxy groups -OCH3 is 1. The smallest absolute Gasteiger partial charge is 0.338 e. The van der Waals surface area contributed by atoms with Gasteiger partial charge in [-0.25, -0.2) is 19.2 Å². The van der Waals surface area contributed by atoms with E-state index in [0.717, 1.165) is 24.0 Å². The fraction of sp³-hybridized carbons (Fsp3) is 0.347. The zero-order valence-electron chi connectivity index (χ0n) is 33.4. The minimum Gasteiger partial charge on any atom is -0.461 e. The molecular formula is C49H50O9. The standard InChI is InChI=1S/C49H50O9/c1-31(29-55-45(50)33-17-9-5-10-18-33)39-27-41(56-46(51)34-19-11-6-12-20-34)49(3)28-40-37(30-54-4)25-26-38(40)32(2)43(57-47(52)35-21-13-7-14-22-35)44(42(39)49)58-48(53)36-23-15-8-16-24-36/h5-24,28,31-32,37-38,41,43-44H,25-27,29-30H2,1-4H3/b40-28-/t31-,32+,37+,38-,41-,43+,44+,49-/m0/s1. The zero-order valence-corrected chi connectivity index (χ0v) is 33.4. The third-order valence-corrected chi connectivity index (χ3v) is 12.1. The van der Waals surface area contributed by atoms with Crippen LogP contribution in [0.5, 0.6) is 0 Å². The van der Waals surface area contributed by atoms with Crippen LogP contribution in [0.25, 0.3) is 0 Å². The van der Waals surface area contributed by atoms with E-state index in [1.807, 2.05) is 38.1 Å². The predicted octanol–water partition coefficient (Wildman–Crippen LogP) is 9.11. The van der Waals surface area contributed by atoms with Gasteiger partial charge in [-0.05, 0) is 79.8 Å². The Morgan fingerprint density at radius 2 is 1.16 bits per heavy atom. The Morgan fingerprint density at radius 1 is 0.672 bits per heavy atom. The quantitative estimate of drug-likeness (QED) is 0.0789. The van der Waals surface area contributed by atoms with Crippen LogP contribution in [-0.2, 0) is 23.7 Å². The summed E-state index contributed by atoms with van der Waals surface area (Å²) < 4.78 is 31.5. The largest absolute Gasteiger partial charge is 0.461 e. The molecule has 0 amide bonds. The summed E-state index contributed by atoms with van der Waals surface area (Å²) in [5.74, 6) is -2.85. The van der Waals surface area contributed by atoms with Crippen molar-refractivity contribution in [1.82, 2.24) is 0 Å². The number of fused-ring (bicyclic) bond motifs is 2. The Bertz CT molecular complexity index is 2150. The van der Waals surface area contributed by atoms with Crippen molar-refractivity contribution in [3.05, 3.63) is 166 Å². The summed E-state index contributed by atoms with van der Waals surface area (Å²) in [5.41, 5.74) is 3.05. The molecule has 1 saturated carbocycles. The van der Waals surface area contributed by atoms with Gasteiger partial charge in [0.05, 0.1) is 35.5 Å². The average molecular weight is 783 g/mol. The second-order valence-corrected chi connectivity index (χ2v) is 15.8. The van der Waals surface area contributed by atoms with Gasteiger partial charge < -0.3 is 23.7 Å². The van der Waals surface area contributed by atoms with E-state index in [2.05, 4.69) is 13.0 Å². The molecule has 0 spiro atoms. The number of hydrogen-bond acceptors (Lipinski definition) is 9. The molecule has 300 valence electrons. The summed E-state index contributed by atoms with van der Waals surface area (Å²) in [4.78, 5) is 55.7. The summed E-state index contributed by atoms with van der Waals surface area (Å²) in [6.45, 7) is 6.50. The molecule has 0 aliphatic heterocycles. The highest BCUT2D eigenvalue weighted by molar-refractivity contribution is 5.91. The lowest BCUT2D eigenvalue weighted by Gasteiger charge is -2.44. The molecular weight excluding hydrogens is 733 g/mol. The summed E-state index contributed by atoms with van der Waals surface area (Å²) in [6, 6.07) is 35.1. The van der Waals surface area contributed by atoms with Gasteiger partial charge in [-0.3, -0.25) is 0 Å². The van der Waals surface area contributed by atoms with E-state index in [-0.39, 0.29) is 30.8 Å². The van der Waals surface area contributed by atoms with E-state index in [4.69, 9.17) is 23.7 Å². The fourth-order valence-corrected chi connectivity index (χ4v) is 9.08. The van der Waals surface area contributed by atoms with Gasteiger partial charge in [-0.2, -0.15) is 0 Å². The lowest BCUT2D eigenvalue weighted by molar-refractivity contribution is -0.0581. The van der Waals surface area contributed by atoms with E-state index in [0.29, 0.717) is 34.4 Å². The highest BCUT2D eigenvalue weighted by atomic mass is 16.6. The summed E-state index contributed by atoms with van der Waals surface area (Å²) >= 11 is 0. The van der Waals surface area contributed by atoms with Crippen molar-refractivity contribution in [3.8, 4) is 0 Å². The Balaban J connectivity index is 1.40. The number of carbonyl (C=O) groups is 4. The van der Waals surface area contributed by atoms with Gasteiger partial charge in [0, 0.05) is 36.7 Å². The summed E-state index contributed by atoms with van der Waals surface area (Å²) in [5, 5.41) is 0. The first-order valence-electron chi connectivity index (χ1n) is 20.0. The van der Waals surface area contributed by atoms with Crippen molar-refractivity contribution >= 4 is 23.9 Å². The summed E-state index contributed by atoms with van der Waals surface area (Å²) in [6.07, 6.45) is 1.28. The van der Waals surface area contributed by atoms with Crippen LogP contribution in [0.15, 0.2) is 144 Å². The van der Waals surface area contributed by atoms with Crippen molar-refractivity contribution in [2.75, 3.05) is 20.3 Å². The molecule has 58 heavy (non-hydrogen) atoms. The zero-order chi connectivity index (χ0) is 40.8. The van der Waals surface area contributed by atoms with Gasteiger partial charge in [0.15, 0.2) is 6.10 Å². The van der Waals surface area contributed by atoms with Crippen LogP contribution in [0.4, 0.5) is 0 Å². The molecule has 0 heterocycles. The minimum atomic E-state index is -1.11. The highest BCUT2D eigenvalue weighted by Gasteiger charge is 2.57. The van der Waals surface area contributed by atoms with E-state index in [1.54, 1.807) is 104 Å². The van der Waals surface area contributed by atoms with Crippen molar-refractivity contribution < 1.29 is 42.9 Å². The van der Waals surface area contributed by atoms with Crippen LogP contribution in [0, 0.1) is 29.1 Å². The molecule has 7 rings (SSSR count). The number of carbonyl (C=O) groups excluding carboxylic acids is 4. The first-order valence-corrected chi connectivity index (χ1v) is 20.0. The number of benzene rings is 4. The average Bonchev–Trinajstić information content (AvgIpc) is 3.77. The molecule has 9 nitrogen and oxygen atoms in total. The van der Waals surface area contributed by atoms with Crippen LogP contribution in [0.3, 0.4) is 0 Å². The van der Waals surface area contributed by atoms with Crippen LogP contribution < -0.4 is 0 Å². The molecule has 0 bridgehead atoms. The van der Waals surface area contributed by atoms with Crippen LogP contribution in [0.2, 0.25) is 0 Å². The minimum absolute atomic E-state index is 0.00311. The molecule has 4 aromatic carbocycles. The first kappa shape index (κ1) is 40.4. The lowest BCUT2D eigenvalue weighted by Crippen LogP contribution is -2.49. The Hall–Kier alpha value is -5.80. The molecule has 0 radical (unpaired) electrons. The molecule has 8 atom stereocenters. The SMILES string of the molecule is COC[C@H]1CC[C@@H]2/C1=C\[C@]1(C)C(=C([C@@H](C)COC(=O)c3ccccc3)C[C@@H]1OC(=O)c1ccccc1)[C@@H](OC(=O)c1ccccc1)[C@H](OC(=O)c1ccccc1)[C@@H]2C. The third kappa shape index (κ3) is 8.41. The van der Waals surface area contributed by atoms with Gasteiger partial charge in [-0.1, -0.05) is 104 Å². The first-order chi connectivity index (χ1) is 28.1. The normalized spacial score (nSPS) is 26.4. The number of rotatable bonds is 12. The number of hydrogen-bond donors (Lipinski definition) is 0. The van der Waals surface area contributed by atoms with Crippen LogP contribution >= 0.6 is 0 Å². The van der Waals surface area contributed by atoms with Gasteiger partial charge in [0.25, 0.3) is 0 Å². The molecule has 4 aromatic rings. The molecule has 0 aromatic heterocycles. The maximum Gasteiger partial charge on any atom is 0.338 e. The van der Waals surface area contributed by atoms with E-state index in [1.165, 1.54) is 0 Å². The Kier molecular flexibility index (Phi) is 12.4. The second-order valence-electron chi connectivity index (χ2n) is 15.8. The van der Waals surface area contributed by atoms with Gasteiger partial charge in [0.2, 0.25) is 0 Å².